The number of hydrogen-bond acceptors (Lipinski definition) is 12. The first-order valence-electron chi connectivity index (χ1n) is 22.1. The molecule has 0 aliphatic carbocycles. The summed E-state index contributed by atoms with van der Waals surface area (Å²) in [7, 11) is 0. The van der Waals surface area contributed by atoms with Gasteiger partial charge in [0, 0.05) is 29.0 Å². The van der Waals surface area contributed by atoms with E-state index in [-0.39, 0.29) is 37.9 Å². The van der Waals surface area contributed by atoms with Crippen LogP contribution >= 0.6 is 22.7 Å². The van der Waals surface area contributed by atoms with Gasteiger partial charge in [-0.15, -0.1) is 32.9 Å². The number of thiazole rings is 1. The Labute approximate surface area is 397 Å². The van der Waals surface area contributed by atoms with Crippen molar-refractivity contribution in [2.75, 3.05) is 13.2 Å². The summed E-state index contributed by atoms with van der Waals surface area (Å²) in [5, 5.41) is 35.9. The van der Waals surface area contributed by atoms with Crippen molar-refractivity contribution in [2.24, 2.45) is 10.4 Å². The third-order valence-electron chi connectivity index (χ3n) is 12.4. The highest BCUT2D eigenvalue weighted by Gasteiger charge is 2.45. The average molecular weight is 943 g/mol. The van der Waals surface area contributed by atoms with Crippen molar-refractivity contribution in [2.45, 2.75) is 98.5 Å². The fourth-order valence-corrected chi connectivity index (χ4v) is 10.6. The molecule has 5 atom stereocenters. The van der Waals surface area contributed by atoms with E-state index in [0.717, 1.165) is 59.4 Å². The second kappa shape index (κ2) is 19.0. The van der Waals surface area contributed by atoms with Gasteiger partial charge in [0.1, 0.15) is 34.7 Å². The first-order chi connectivity index (χ1) is 31.9. The first kappa shape index (κ1) is 47.0. The number of hydrogen-bond donors (Lipinski definition) is 4. The van der Waals surface area contributed by atoms with E-state index in [1.165, 1.54) is 4.90 Å². The number of β-amino-alcohol motifs (C(OH)–C–C–N with tert-alkyl or cyclic N) is 1. The molecule has 0 radical (unpaired) electrons. The number of aromatic nitrogens is 4. The number of fused-ring (bicyclic) bond motifs is 3. The van der Waals surface area contributed by atoms with E-state index in [2.05, 4.69) is 32.7 Å². The Morgan fingerprint density at radius 2 is 1.52 bits per heavy atom. The zero-order valence-electron chi connectivity index (χ0n) is 38.7. The molecule has 8 rings (SSSR count). The number of likely N-dealkylation sites (tertiary alicyclic amines) is 1. The number of benzene rings is 3. The summed E-state index contributed by atoms with van der Waals surface area (Å²) in [5.41, 5.74) is 9.32. The molecule has 0 spiro atoms. The van der Waals surface area contributed by atoms with E-state index in [9.17, 15) is 29.4 Å². The lowest BCUT2D eigenvalue weighted by Crippen LogP contribution is -2.58. The molecule has 4 N–H and O–H groups in total. The van der Waals surface area contributed by atoms with E-state index >= 15 is 0 Å². The Balaban J connectivity index is 0.902. The van der Waals surface area contributed by atoms with Crippen molar-refractivity contribution in [1.82, 2.24) is 35.3 Å². The summed E-state index contributed by atoms with van der Waals surface area (Å²) >= 11 is 3.18. The van der Waals surface area contributed by atoms with Crippen LogP contribution in [-0.2, 0) is 19.2 Å². The van der Waals surface area contributed by atoms with Crippen LogP contribution < -0.4 is 15.4 Å². The summed E-state index contributed by atoms with van der Waals surface area (Å²) in [6.07, 6.45) is -1.05. The van der Waals surface area contributed by atoms with Gasteiger partial charge in [0.25, 0.3) is 5.91 Å². The van der Waals surface area contributed by atoms with E-state index in [1.54, 1.807) is 34.8 Å². The van der Waals surface area contributed by atoms with Gasteiger partial charge in [-0.3, -0.25) is 28.7 Å². The van der Waals surface area contributed by atoms with Gasteiger partial charge in [-0.1, -0.05) is 81.4 Å². The maximum absolute atomic E-state index is 14.2. The SMILES string of the molecule is Cc1ncsc1-c1ccc([C@H](C)NC(=O)[C@@H]2C[C@@H](O)CN2C(=O)[C@@H](NC(=O)COc2ccc(-c3ccc(C4=NC(CC(=O)O)c5nnc(C)n5-c5sc(C)c(C)c54)cc3)cc2)C(C)(C)C)cc1. The van der Waals surface area contributed by atoms with Crippen molar-refractivity contribution in [3.63, 3.8) is 0 Å². The van der Waals surface area contributed by atoms with E-state index < -0.39 is 47.4 Å². The molecule has 3 amide bonds. The van der Waals surface area contributed by atoms with Gasteiger partial charge in [0.2, 0.25) is 11.8 Å². The molecule has 15 nitrogen and oxygen atoms in total. The minimum Gasteiger partial charge on any atom is -0.484 e. The highest BCUT2D eigenvalue weighted by atomic mass is 32.1. The second-order valence-corrected chi connectivity index (χ2v) is 20.3. The molecule has 17 heteroatoms. The minimum atomic E-state index is -1.01. The number of nitrogens with zero attached hydrogens (tertiary/aromatic N) is 6. The van der Waals surface area contributed by atoms with Crippen molar-refractivity contribution >= 4 is 52.1 Å². The smallest absolute Gasteiger partial charge is 0.306 e. The number of carboxylic acids is 1. The van der Waals surface area contributed by atoms with Gasteiger partial charge >= 0.3 is 5.97 Å². The number of carboxylic acid groups (broad SMARTS) is 1. The summed E-state index contributed by atoms with van der Waals surface area (Å²) in [6, 6.07) is 20.1. The number of aliphatic carboxylic acids is 1. The molecule has 67 heavy (non-hydrogen) atoms. The Kier molecular flexibility index (Phi) is 13.3. The van der Waals surface area contributed by atoms with Crippen LogP contribution in [0.4, 0.5) is 0 Å². The molecule has 5 heterocycles. The van der Waals surface area contributed by atoms with Gasteiger partial charge in [-0.2, -0.15) is 0 Å². The lowest BCUT2D eigenvalue weighted by molar-refractivity contribution is -0.144. The lowest BCUT2D eigenvalue weighted by atomic mass is 9.85. The van der Waals surface area contributed by atoms with Crippen LogP contribution in [0.2, 0.25) is 0 Å². The molecule has 0 saturated carbocycles. The van der Waals surface area contributed by atoms with Crippen molar-refractivity contribution < 1.29 is 34.1 Å². The number of aryl methyl sites for hydroxylation is 3. The number of aliphatic hydroxyl groups excluding tert-OH is 1. The highest BCUT2D eigenvalue weighted by Crippen LogP contribution is 2.40. The molecule has 1 saturated heterocycles. The minimum absolute atomic E-state index is 0.0382. The van der Waals surface area contributed by atoms with Gasteiger partial charge in [0.05, 0.1) is 40.4 Å². The lowest BCUT2D eigenvalue weighted by Gasteiger charge is -2.35. The topological polar surface area (TPSA) is 201 Å². The molecule has 2 aliphatic rings. The van der Waals surface area contributed by atoms with Crippen LogP contribution in [0.1, 0.15) is 97.1 Å². The van der Waals surface area contributed by atoms with Crippen LogP contribution in [0.25, 0.3) is 26.6 Å². The number of ether oxygens (including phenoxy) is 1. The number of aliphatic hydroxyl groups is 1. The summed E-state index contributed by atoms with van der Waals surface area (Å²) in [6.45, 7) is 14.9. The molecule has 3 aromatic heterocycles. The van der Waals surface area contributed by atoms with Gasteiger partial charge in [-0.25, -0.2) is 4.98 Å². The monoisotopic (exact) mass is 942 g/mol. The van der Waals surface area contributed by atoms with E-state index in [4.69, 9.17) is 9.73 Å². The number of amides is 3. The number of carbonyl (C=O) groups excluding carboxylic acids is 3. The zero-order valence-corrected chi connectivity index (χ0v) is 40.3. The van der Waals surface area contributed by atoms with Gasteiger partial charge in [0.15, 0.2) is 12.4 Å². The Morgan fingerprint density at radius 3 is 2.15 bits per heavy atom. The highest BCUT2D eigenvalue weighted by molar-refractivity contribution is 7.15. The predicted molar refractivity (Wildman–Crippen MR) is 258 cm³/mol. The molecule has 3 aromatic carbocycles. The molecule has 0 bridgehead atoms. The summed E-state index contributed by atoms with van der Waals surface area (Å²) in [5.74, 6) is -0.720. The first-order valence-corrected chi connectivity index (χ1v) is 23.8. The third-order valence-corrected chi connectivity index (χ3v) is 14.6. The summed E-state index contributed by atoms with van der Waals surface area (Å²) < 4.78 is 7.82. The number of nitrogens with one attached hydrogen (secondary N) is 2. The molecule has 1 unspecified atom stereocenters. The summed E-state index contributed by atoms with van der Waals surface area (Å²) in [4.78, 5) is 66.3. The van der Waals surface area contributed by atoms with Crippen molar-refractivity contribution in [3.8, 4) is 32.3 Å². The van der Waals surface area contributed by atoms with Gasteiger partial charge < -0.3 is 30.5 Å². The Bertz CT molecular complexity index is 2860. The quantitative estimate of drug-likeness (QED) is 0.0900. The zero-order chi connectivity index (χ0) is 47.9. The fourth-order valence-electron chi connectivity index (χ4n) is 8.62. The van der Waals surface area contributed by atoms with Crippen molar-refractivity contribution in [3.05, 3.63) is 123 Å². The van der Waals surface area contributed by atoms with E-state index in [1.807, 2.05) is 119 Å². The number of carbonyl (C=O) groups is 4. The predicted octanol–water partition coefficient (Wildman–Crippen LogP) is 7.47. The normalized spacial score (nSPS) is 17.7. The number of rotatable bonds is 13. The van der Waals surface area contributed by atoms with E-state index in [0.29, 0.717) is 23.1 Å². The maximum Gasteiger partial charge on any atom is 0.306 e. The van der Waals surface area contributed by atoms with Crippen LogP contribution in [0, 0.1) is 33.1 Å². The maximum atomic E-state index is 14.2. The van der Waals surface area contributed by atoms with Crippen LogP contribution in [-0.4, -0.2) is 95.6 Å². The molecular formula is C50H54N8O7S2. The van der Waals surface area contributed by atoms with Crippen LogP contribution in [0.3, 0.4) is 0 Å². The van der Waals surface area contributed by atoms with Gasteiger partial charge in [-0.05, 0) is 80.0 Å². The molecule has 348 valence electrons. The molecule has 1 fully saturated rings. The third kappa shape index (κ3) is 9.80. The second-order valence-electron chi connectivity index (χ2n) is 18.3. The Hall–Kier alpha value is -6.56. The molecule has 2 aliphatic heterocycles. The Morgan fingerprint density at radius 1 is 0.881 bits per heavy atom. The van der Waals surface area contributed by atoms with Crippen LogP contribution in [0.15, 0.2) is 83.3 Å². The molecule has 6 aromatic rings. The van der Waals surface area contributed by atoms with Crippen molar-refractivity contribution in [1.29, 1.82) is 0 Å². The van der Waals surface area contributed by atoms with Crippen LogP contribution in [0.5, 0.6) is 5.75 Å². The number of thiophene rings is 1. The number of aliphatic imine (C=N–C) groups is 1. The molecular weight excluding hydrogens is 889 g/mol. The fraction of sp³-hybridized carbons (Fsp3) is 0.360. The largest absolute Gasteiger partial charge is 0.484 e. The standard InChI is InChI=1S/C50H54N8O7S2/c1-26-29(4)67-49-42(26)43(53-38(22-41(61)62)46-56-55-30(5)58(46)49)34-13-11-32(12-14-34)33-17-19-37(20-18-33)65-24-40(60)54-45(50(6,7)8)48(64)57-23-36(59)21-39(57)47(63)52-27(2)31-9-15-35(16-10-31)44-28(3)51-25-66-44/h9-20,25,27,36,38-39,45,59H,21-24H2,1-8H3,(H,52,63)(H,54,60)(H,61,62)/t27-,36+,38?,39-,45+/m0/s1. The average Bonchev–Trinajstić information content (AvgIpc) is 4.06.